The minimum absolute atomic E-state index is 0.185. The molecule has 2 atom stereocenters. The number of amides is 3. The lowest BCUT2D eigenvalue weighted by Gasteiger charge is -2.29. The molecule has 1 N–H and O–H groups in total. The Morgan fingerprint density at radius 2 is 1.73 bits per heavy atom. The maximum atomic E-state index is 13.0. The summed E-state index contributed by atoms with van der Waals surface area (Å²) in [5, 5.41) is 17.3. The van der Waals surface area contributed by atoms with E-state index < -0.39 is 11.9 Å². The van der Waals surface area contributed by atoms with E-state index in [0.29, 0.717) is 62.1 Å². The van der Waals surface area contributed by atoms with Crippen LogP contribution in [0.1, 0.15) is 86.1 Å². The maximum Gasteiger partial charge on any atom is 0.255 e. The van der Waals surface area contributed by atoms with Crippen molar-refractivity contribution < 1.29 is 28.6 Å². The van der Waals surface area contributed by atoms with Crippen molar-refractivity contribution in [1.82, 2.24) is 34.8 Å². The monoisotopic (exact) mass is 844 g/mol. The number of hydrogen-bond donors (Lipinski definition) is 1. The van der Waals surface area contributed by atoms with Crippen LogP contribution in [0.15, 0.2) is 59.9 Å². The second-order valence-corrected chi connectivity index (χ2v) is 15.8. The number of benzene rings is 2. The molecule has 3 aromatic heterocycles. The predicted molar refractivity (Wildman–Crippen MR) is 224 cm³/mol. The van der Waals surface area contributed by atoms with Crippen LogP contribution in [-0.2, 0) is 36.9 Å². The summed E-state index contributed by atoms with van der Waals surface area (Å²) in [6, 6.07) is 12.3. The van der Waals surface area contributed by atoms with Gasteiger partial charge in [-0.2, -0.15) is 5.10 Å². The summed E-state index contributed by atoms with van der Waals surface area (Å²) in [5.74, 6) is 13.4. The van der Waals surface area contributed by atoms with Crippen molar-refractivity contribution in [2.75, 3.05) is 39.6 Å². The Kier molecular flexibility index (Phi) is 12.3. The van der Waals surface area contributed by atoms with Gasteiger partial charge in [-0.15, -0.1) is 21.5 Å². The third-order valence-corrected chi connectivity index (χ3v) is 11.8. The van der Waals surface area contributed by atoms with Crippen LogP contribution >= 0.6 is 22.9 Å². The summed E-state index contributed by atoms with van der Waals surface area (Å²) in [6.07, 6.45) is 4.18. The average molecular weight is 845 g/mol. The zero-order valence-corrected chi connectivity index (χ0v) is 34.9. The number of imide groups is 1. The number of hydrogen-bond acceptors (Lipinski definition) is 11. The molecule has 8 rings (SSSR count). The van der Waals surface area contributed by atoms with Gasteiger partial charge in [0.25, 0.3) is 5.91 Å². The first-order chi connectivity index (χ1) is 29.2. The highest BCUT2D eigenvalue weighted by Gasteiger charge is 2.39. The number of aromatic nitrogens is 5. The molecule has 0 aliphatic carbocycles. The Balaban J connectivity index is 0.766. The Hall–Kier alpha value is -5.94. The summed E-state index contributed by atoms with van der Waals surface area (Å²) >= 11 is 7.83. The molecule has 1 fully saturated rings. The number of aryl methyl sites for hydroxylation is 1. The van der Waals surface area contributed by atoms with Crippen LogP contribution in [0, 0.1) is 37.5 Å². The number of rotatable bonds is 12. The molecule has 1 saturated heterocycles. The van der Waals surface area contributed by atoms with Gasteiger partial charge in [-0.3, -0.25) is 33.9 Å². The normalized spacial score (nSPS) is 16.8. The molecule has 0 bridgehead atoms. The average Bonchev–Trinajstić information content (AvgIpc) is 4.00. The lowest BCUT2D eigenvalue weighted by molar-refractivity contribution is -0.136. The smallest absolute Gasteiger partial charge is 0.255 e. The van der Waals surface area contributed by atoms with Crippen molar-refractivity contribution in [1.29, 1.82) is 0 Å². The van der Waals surface area contributed by atoms with Gasteiger partial charge in [0.05, 0.1) is 61.9 Å². The summed E-state index contributed by atoms with van der Waals surface area (Å²) in [5.41, 5.74) is 6.74. The Labute approximate surface area is 355 Å². The van der Waals surface area contributed by atoms with Gasteiger partial charge in [-0.25, -0.2) is 0 Å². The number of carbonyl (C=O) groups excluding carboxylic acids is 3. The third-order valence-electron chi connectivity index (χ3n) is 10.4. The first-order valence-electron chi connectivity index (χ1n) is 19.6. The predicted octanol–water partition coefficient (Wildman–Crippen LogP) is 4.97. The summed E-state index contributed by atoms with van der Waals surface area (Å²) < 4.78 is 20.9. The number of fused-ring (bicyclic) bond motifs is 4. The second kappa shape index (κ2) is 18.1. The van der Waals surface area contributed by atoms with E-state index in [2.05, 4.69) is 55.8 Å². The number of nitrogens with one attached hydrogen (secondary N) is 1. The van der Waals surface area contributed by atoms with Gasteiger partial charge in [0.15, 0.2) is 5.82 Å². The molecule has 1 unspecified atom stereocenters. The van der Waals surface area contributed by atoms with E-state index in [9.17, 15) is 14.4 Å². The van der Waals surface area contributed by atoms with Crippen molar-refractivity contribution >= 4 is 46.4 Å². The van der Waals surface area contributed by atoms with Crippen LogP contribution in [0.4, 0.5) is 0 Å². The van der Waals surface area contributed by atoms with Crippen molar-refractivity contribution in [3.05, 3.63) is 115 Å². The van der Waals surface area contributed by atoms with Crippen LogP contribution in [-0.4, -0.2) is 98.6 Å². The zero-order chi connectivity index (χ0) is 41.8. The molecule has 3 aliphatic heterocycles. The van der Waals surface area contributed by atoms with Gasteiger partial charge in [0, 0.05) is 46.4 Å². The fraction of sp³-hybridized carbons (Fsp3) is 0.341. The van der Waals surface area contributed by atoms with Crippen molar-refractivity contribution in [3.63, 3.8) is 0 Å². The lowest BCUT2D eigenvalue weighted by Crippen LogP contribution is -2.52. The molecule has 3 aliphatic rings. The van der Waals surface area contributed by atoms with E-state index in [-0.39, 0.29) is 37.4 Å². The summed E-state index contributed by atoms with van der Waals surface area (Å²) in [6.45, 7) is 9.17. The van der Waals surface area contributed by atoms with Gasteiger partial charge < -0.3 is 19.1 Å². The SMILES string of the molecule is Cc1c(C#Cc2cnn(CCOCCOCCOCC#Cc3cccc4c3CN(C3CCC(=O)NC3=O)C4=O)c2)sc2c1C(c1ccc(Cl)cc1)=N[C@@H](C)c1nnc(C)n1-2. The van der Waals surface area contributed by atoms with Crippen LogP contribution in [0.3, 0.4) is 0 Å². The second-order valence-electron chi connectivity index (χ2n) is 14.4. The van der Waals surface area contributed by atoms with E-state index in [1.54, 1.807) is 29.7 Å². The van der Waals surface area contributed by atoms with Crippen LogP contribution in [0.5, 0.6) is 0 Å². The zero-order valence-electron chi connectivity index (χ0n) is 33.3. The molecular formula is C44H41ClN8O6S. The Morgan fingerprint density at radius 3 is 2.53 bits per heavy atom. The molecule has 3 amide bonds. The lowest BCUT2D eigenvalue weighted by atomic mass is 9.99. The molecule has 16 heteroatoms. The van der Waals surface area contributed by atoms with Gasteiger partial charge in [-0.05, 0) is 62.6 Å². The summed E-state index contributed by atoms with van der Waals surface area (Å²) in [7, 11) is 0. The number of nitrogens with zero attached hydrogens (tertiary/aromatic N) is 7. The maximum absolute atomic E-state index is 13.0. The highest BCUT2D eigenvalue weighted by Crippen LogP contribution is 2.39. The highest BCUT2D eigenvalue weighted by atomic mass is 35.5. The number of piperidine rings is 1. The Morgan fingerprint density at radius 1 is 0.950 bits per heavy atom. The first-order valence-corrected chi connectivity index (χ1v) is 20.8. The number of carbonyl (C=O) groups is 3. The van der Waals surface area contributed by atoms with E-state index in [0.717, 1.165) is 55.1 Å². The van der Waals surface area contributed by atoms with Gasteiger partial charge >= 0.3 is 0 Å². The fourth-order valence-corrected chi connectivity index (χ4v) is 8.68. The fourth-order valence-electron chi connectivity index (χ4n) is 7.33. The van der Waals surface area contributed by atoms with Crippen molar-refractivity contribution in [2.24, 2.45) is 4.99 Å². The molecule has 0 saturated carbocycles. The minimum Gasteiger partial charge on any atom is -0.377 e. The van der Waals surface area contributed by atoms with Gasteiger partial charge in [-0.1, -0.05) is 53.5 Å². The number of aliphatic imine (C=N–C) groups is 1. The highest BCUT2D eigenvalue weighted by molar-refractivity contribution is 7.15. The van der Waals surface area contributed by atoms with Crippen LogP contribution in [0.25, 0.3) is 5.00 Å². The molecule has 0 spiro atoms. The van der Waals surface area contributed by atoms with E-state index in [1.807, 2.05) is 55.1 Å². The van der Waals surface area contributed by atoms with E-state index in [4.69, 9.17) is 30.8 Å². The number of halogens is 1. The standard InChI is InChI=1S/C44H41ClN8O6S/c1-27-37(60-44-39(27)40(32-10-12-33(45)13-11-32)47-28(2)41-50-49-29(3)53(41)44)15-9-30-24-46-51(25-30)17-19-58-21-23-59-22-20-57-18-5-7-31-6-4-8-34-35(31)26-52(43(34)56)36-14-16-38(54)48-42(36)55/h4,6,8,10-13,24-25,28,36H,14,16-23,26H2,1-3H3,(H,48,54,55)/t28-,36?/m0/s1. The first kappa shape index (κ1) is 40.8. The summed E-state index contributed by atoms with van der Waals surface area (Å²) in [4.78, 5) is 44.5. The topological polar surface area (TPSA) is 155 Å². The van der Waals surface area contributed by atoms with Crippen LogP contribution < -0.4 is 5.32 Å². The Bertz CT molecular complexity index is 2620. The molecule has 14 nitrogen and oxygen atoms in total. The number of ether oxygens (including phenoxy) is 3. The van der Waals surface area contributed by atoms with Gasteiger partial charge in [0.1, 0.15) is 29.5 Å². The molecule has 2 aromatic carbocycles. The third kappa shape index (κ3) is 8.68. The quantitative estimate of drug-likeness (QED) is 0.104. The molecule has 0 radical (unpaired) electrons. The van der Waals surface area contributed by atoms with E-state index in [1.165, 1.54) is 4.90 Å². The number of thiophene rings is 1. The van der Waals surface area contributed by atoms with Crippen molar-refractivity contribution in [2.45, 2.75) is 58.8 Å². The molecule has 6 heterocycles. The minimum atomic E-state index is -0.666. The molecule has 5 aromatic rings. The van der Waals surface area contributed by atoms with Crippen LogP contribution in [0.2, 0.25) is 5.02 Å². The largest absolute Gasteiger partial charge is 0.377 e. The molecule has 306 valence electrons. The molecular weight excluding hydrogens is 804 g/mol. The van der Waals surface area contributed by atoms with E-state index >= 15 is 0 Å². The van der Waals surface area contributed by atoms with Gasteiger partial charge in [0.2, 0.25) is 11.8 Å². The molecule has 60 heavy (non-hydrogen) atoms. The van der Waals surface area contributed by atoms with Crippen molar-refractivity contribution in [3.8, 4) is 28.7 Å².